The molecule has 2 aromatic rings. The van der Waals surface area contributed by atoms with Gasteiger partial charge < -0.3 is 4.90 Å². The summed E-state index contributed by atoms with van der Waals surface area (Å²) in [5, 5.41) is 9.16. The summed E-state index contributed by atoms with van der Waals surface area (Å²) in [4.78, 5) is 10.7. The average molecular weight is 252 g/mol. The maximum atomic E-state index is 9.16. The van der Waals surface area contributed by atoms with E-state index in [9.17, 15) is 0 Å². The smallest absolute Gasteiger partial charge is 0.136 e. The lowest BCUT2D eigenvalue weighted by atomic mass is 10.2. The normalized spacial score (nSPS) is 10.0. The molecule has 1 aromatic carbocycles. The zero-order chi connectivity index (χ0) is 13.8. The minimum absolute atomic E-state index is 0.638. The molecular weight excluding hydrogens is 236 g/mol. The molecule has 19 heavy (non-hydrogen) atoms. The van der Waals surface area contributed by atoms with Gasteiger partial charge in [0.25, 0.3) is 0 Å². The van der Waals surface area contributed by atoms with Crippen molar-refractivity contribution in [1.82, 2.24) is 9.97 Å². The zero-order valence-electron chi connectivity index (χ0n) is 11.4. The molecule has 0 fully saturated rings. The molecule has 2 rings (SSSR count). The summed E-state index contributed by atoms with van der Waals surface area (Å²) >= 11 is 0. The highest BCUT2D eigenvalue weighted by molar-refractivity contribution is 5.66. The molecular formula is C15H16N4. The number of benzene rings is 1. The lowest BCUT2D eigenvalue weighted by Gasteiger charge is -2.20. The Bertz CT molecular complexity index is 628. The third kappa shape index (κ3) is 2.71. The molecule has 0 aliphatic carbocycles. The SMILES string of the molecule is CCc1cc(N(C)c2ccccc2C#N)nc(C)n1. The van der Waals surface area contributed by atoms with Crippen molar-refractivity contribution in [2.45, 2.75) is 20.3 Å². The largest absolute Gasteiger partial charge is 0.328 e. The minimum atomic E-state index is 0.638. The van der Waals surface area contributed by atoms with E-state index in [2.05, 4.69) is 23.0 Å². The molecule has 1 heterocycles. The van der Waals surface area contributed by atoms with Crippen molar-refractivity contribution in [2.75, 3.05) is 11.9 Å². The van der Waals surface area contributed by atoms with Crippen LogP contribution in [0, 0.1) is 18.3 Å². The molecule has 96 valence electrons. The maximum Gasteiger partial charge on any atom is 0.136 e. The Morgan fingerprint density at radius 3 is 2.68 bits per heavy atom. The first kappa shape index (κ1) is 13.0. The third-order valence-corrected chi connectivity index (χ3v) is 2.97. The van der Waals surface area contributed by atoms with E-state index in [-0.39, 0.29) is 0 Å². The Kier molecular flexibility index (Phi) is 3.76. The van der Waals surface area contributed by atoms with Crippen LogP contribution >= 0.6 is 0 Å². The Hall–Kier alpha value is -2.41. The molecule has 0 N–H and O–H groups in total. The summed E-state index contributed by atoms with van der Waals surface area (Å²) in [7, 11) is 1.91. The molecule has 0 saturated heterocycles. The van der Waals surface area contributed by atoms with Crippen molar-refractivity contribution in [3.05, 3.63) is 47.4 Å². The summed E-state index contributed by atoms with van der Waals surface area (Å²) in [6, 6.07) is 11.7. The molecule has 0 unspecified atom stereocenters. The van der Waals surface area contributed by atoms with Gasteiger partial charge in [0.2, 0.25) is 0 Å². The average Bonchev–Trinajstić information content (AvgIpc) is 2.45. The summed E-state index contributed by atoms with van der Waals surface area (Å²) in [5.41, 5.74) is 2.49. The second-order valence-corrected chi connectivity index (χ2v) is 4.31. The number of aryl methyl sites for hydroxylation is 2. The van der Waals surface area contributed by atoms with Crippen LogP contribution in [0.2, 0.25) is 0 Å². The molecule has 0 aliphatic rings. The summed E-state index contributed by atoms with van der Waals surface area (Å²) in [6.45, 7) is 3.95. The van der Waals surface area contributed by atoms with Gasteiger partial charge in [-0.3, -0.25) is 0 Å². The van der Waals surface area contributed by atoms with Crippen LogP contribution in [0.3, 0.4) is 0 Å². The summed E-state index contributed by atoms with van der Waals surface area (Å²) < 4.78 is 0. The number of hydrogen-bond donors (Lipinski definition) is 0. The quantitative estimate of drug-likeness (QED) is 0.842. The number of aromatic nitrogens is 2. The van der Waals surface area contributed by atoms with Crippen molar-refractivity contribution in [2.24, 2.45) is 0 Å². The molecule has 4 heteroatoms. The van der Waals surface area contributed by atoms with Crippen molar-refractivity contribution in [3.8, 4) is 6.07 Å². The molecule has 1 aromatic heterocycles. The molecule has 0 bridgehead atoms. The predicted octanol–water partition coefficient (Wildman–Crippen LogP) is 2.99. The number of hydrogen-bond acceptors (Lipinski definition) is 4. The Labute approximate surface area is 113 Å². The van der Waals surface area contributed by atoms with Gasteiger partial charge in [0.1, 0.15) is 17.7 Å². The topological polar surface area (TPSA) is 52.8 Å². The van der Waals surface area contributed by atoms with Crippen LogP contribution < -0.4 is 4.90 Å². The monoisotopic (exact) mass is 252 g/mol. The highest BCUT2D eigenvalue weighted by atomic mass is 15.2. The molecule has 0 atom stereocenters. The Morgan fingerprint density at radius 1 is 1.26 bits per heavy atom. The van der Waals surface area contributed by atoms with Gasteiger partial charge in [-0.05, 0) is 25.5 Å². The van der Waals surface area contributed by atoms with Crippen molar-refractivity contribution in [3.63, 3.8) is 0 Å². The first-order chi connectivity index (χ1) is 9.15. The Balaban J connectivity index is 2.47. The first-order valence-corrected chi connectivity index (χ1v) is 6.23. The van der Waals surface area contributed by atoms with Gasteiger partial charge in [0.15, 0.2) is 0 Å². The molecule has 0 amide bonds. The fourth-order valence-corrected chi connectivity index (χ4v) is 1.95. The van der Waals surface area contributed by atoms with Crippen molar-refractivity contribution < 1.29 is 0 Å². The molecule has 0 radical (unpaired) electrons. The Morgan fingerprint density at radius 2 is 2.00 bits per heavy atom. The standard InChI is InChI=1S/C15H16N4/c1-4-13-9-15(18-11(2)17-13)19(3)14-8-6-5-7-12(14)10-16/h5-9H,4H2,1-3H3. The van der Waals surface area contributed by atoms with Crippen LogP contribution in [0.4, 0.5) is 11.5 Å². The van der Waals surface area contributed by atoms with E-state index in [1.54, 1.807) is 6.07 Å². The molecule has 4 nitrogen and oxygen atoms in total. The zero-order valence-corrected chi connectivity index (χ0v) is 11.4. The van der Waals surface area contributed by atoms with E-state index in [0.717, 1.165) is 29.4 Å². The van der Waals surface area contributed by atoms with Gasteiger partial charge in [0, 0.05) is 18.8 Å². The second kappa shape index (κ2) is 5.49. The second-order valence-electron chi connectivity index (χ2n) is 4.31. The molecule has 0 spiro atoms. The van der Waals surface area contributed by atoms with Gasteiger partial charge in [-0.1, -0.05) is 19.1 Å². The number of nitriles is 1. The fourth-order valence-electron chi connectivity index (χ4n) is 1.95. The van der Waals surface area contributed by atoms with Crippen LogP contribution in [0.15, 0.2) is 30.3 Å². The minimum Gasteiger partial charge on any atom is -0.328 e. The number of rotatable bonds is 3. The summed E-state index contributed by atoms with van der Waals surface area (Å²) in [5.74, 6) is 1.56. The van der Waals surface area contributed by atoms with E-state index in [1.165, 1.54) is 0 Å². The van der Waals surface area contributed by atoms with Crippen LogP contribution in [0.5, 0.6) is 0 Å². The van der Waals surface area contributed by atoms with Crippen LogP contribution in [-0.4, -0.2) is 17.0 Å². The van der Waals surface area contributed by atoms with Gasteiger partial charge >= 0.3 is 0 Å². The van der Waals surface area contributed by atoms with Gasteiger partial charge in [-0.2, -0.15) is 5.26 Å². The fraction of sp³-hybridized carbons (Fsp3) is 0.267. The molecule has 0 saturated carbocycles. The van der Waals surface area contributed by atoms with Crippen LogP contribution in [0.1, 0.15) is 24.0 Å². The van der Waals surface area contributed by atoms with E-state index < -0.39 is 0 Å². The number of para-hydroxylation sites is 1. The van der Waals surface area contributed by atoms with E-state index >= 15 is 0 Å². The van der Waals surface area contributed by atoms with Gasteiger partial charge in [-0.25, -0.2) is 9.97 Å². The lowest BCUT2D eigenvalue weighted by molar-refractivity contribution is 0.934. The molecule has 0 aliphatic heterocycles. The lowest BCUT2D eigenvalue weighted by Crippen LogP contribution is -2.14. The highest BCUT2D eigenvalue weighted by Gasteiger charge is 2.11. The van der Waals surface area contributed by atoms with Gasteiger partial charge in [0.05, 0.1) is 11.3 Å². The summed E-state index contributed by atoms with van der Waals surface area (Å²) in [6.07, 6.45) is 0.865. The highest BCUT2D eigenvalue weighted by Crippen LogP contribution is 2.25. The number of anilines is 2. The van der Waals surface area contributed by atoms with Gasteiger partial charge in [-0.15, -0.1) is 0 Å². The van der Waals surface area contributed by atoms with E-state index in [4.69, 9.17) is 5.26 Å². The van der Waals surface area contributed by atoms with E-state index in [1.807, 2.05) is 43.1 Å². The van der Waals surface area contributed by atoms with Crippen LogP contribution in [-0.2, 0) is 6.42 Å². The van der Waals surface area contributed by atoms with Crippen molar-refractivity contribution in [1.29, 1.82) is 5.26 Å². The third-order valence-electron chi connectivity index (χ3n) is 2.97. The van der Waals surface area contributed by atoms with Crippen LogP contribution in [0.25, 0.3) is 0 Å². The maximum absolute atomic E-state index is 9.16. The van der Waals surface area contributed by atoms with E-state index in [0.29, 0.717) is 5.56 Å². The first-order valence-electron chi connectivity index (χ1n) is 6.23. The predicted molar refractivity (Wildman–Crippen MR) is 75.4 cm³/mol. The van der Waals surface area contributed by atoms with Crippen molar-refractivity contribution >= 4 is 11.5 Å². The number of nitrogens with zero attached hydrogens (tertiary/aromatic N) is 4.